The fourth-order valence-electron chi connectivity index (χ4n) is 2.22. The maximum Gasteiger partial charge on any atom is 0.250 e. The summed E-state index contributed by atoms with van der Waals surface area (Å²) in [6.07, 6.45) is 3.26. The summed E-state index contributed by atoms with van der Waals surface area (Å²) >= 11 is 5.04. The Morgan fingerprint density at radius 2 is 2.07 bits per heavy atom. The molecule has 0 atom stereocenters. The Labute approximate surface area is 178 Å². The molecule has 0 fully saturated rings. The Bertz CT molecular complexity index is 827. The number of ether oxygens (including phenoxy) is 2. The van der Waals surface area contributed by atoms with Crippen molar-refractivity contribution in [3.8, 4) is 11.5 Å². The second-order valence-corrected chi connectivity index (χ2v) is 7.46. The number of amides is 1. The number of nitrogens with zero attached hydrogens (tertiary/aromatic N) is 1. The number of nitrogens with one attached hydrogen (secondary N) is 1. The maximum absolute atomic E-state index is 11.9. The predicted molar refractivity (Wildman–Crippen MR) is 119 cm³/mol. The van der Waals surface area contributed by atoms with Gasteiger partial charge in [0.15, 0.2) is 11.5 Å². The van der Waals surface area contributed by atoms with Crippen molar-refractivity contribution in [2.45, 2.75) is 12.7 Å². The van der Waals surface area contributed by atoms with Crippen molar-refractivity contribution in [1.82, 2.24) is 5.43 Å². The third-order valence-electron chi connectivity index (χ3n) is 3.48. The van der Waals surface area contributed by atoms with Gasteiger partial charge in [-0.3, -0.25) is 4.79 Å². The van der Waals surface area contributed by atoms with Crippen LogP contribution in [-0.2, 0) is 10.5 Å². The zero-order chi connectivity index (χ0) is 20.2. The molecule has 148 valence electrons. The van der Waals surface area contributed by atoms with Gasteiger partial charge in [-0.25, -0.2) is 5.43 Å². The Kier molecular flexibility index (Phi) is 9.65. The van der Waals surface area contributed by atoms with E-state index in [-0.39, 0.29) is 5.91 Å². The van der Waals surface area contributed by atoms with Crippen molar-refractivity contribution >= 4 is 39.8 Å². The molecule has 0 unspecified atom stereocenters. The van der Waals surface area contributed by atoms with Crippen molar-refractivity contribution in [3.63, 3.8) is 0 Å². The average molecular weight is 463 g/mol. The van der Waals surface area contributed by atoms with Gasteiger partial charge in [0.2, 0.25) is 5.91 Å². The number of rotatable bonds is 11. The Morgan fingerprint density at radius 3 is 2.82 bits per heavy atom. The van der Waals surface area contributed by atoms with Crippen LogP contribution in [0.5, 0.6) is 11.5 Å². The van der Waals surface area contributed by atoms with Gasteiger partial charge in [0.1, 0.15) is 6.61 Å². The number of carbonyl (C=O) groups is 1. The molecule has 0 aliphatic rings. The molecule has 0 aromatic heterocycles. The second-order valence-electron chi connectivity index (χ2n) is 5.62. The number of hydrogen-bond donors (Lipinski definition) is 1. The monoisotopic (exact) mass is 462 g/mol. The Hall–Kier alpha value is -2.25. The highest BCUT2D eigenvalue weighted by atomic mass is 79.9. The minimum Gasteiger partial charge on any atom is -0.490 e. The fourth-order valence-corrected chi connectivity index (χ4v) is 3.66. The highest BCUT2D eigenvalue weighted by molar-refractivity contribution is 9.10. The third-order valence-corrected chi connectivity index (χ3v) is 5.23. The van der Waals surface area contributed by atoms with E-state index in [1.165, 1.54) is 11.8 Å². The number of carbonyl (C=O) groups excluding carboxylic acids is 1. The van der Waals surface area contributed by atoms with Crippen LogP contribution in [0.25, 0.3) is 0 Å². The molecular formula is C21H23BrN2O3S. The third kappa shape index (κ3) is 7.40. The molecule has 2 aromatic rings. The minimum atomic E-state index is -0.149. The van der Waals surface area contributed by atoms with E-state index in [1.807, 2.05) is 49.4 Å². The number of benzene rings is 2. The summed E-state index contributed by atoms with van der Waals surface area (Å²) in [5.74, 6) is 2.21. The van der Waals surface area contributed by atoms with Crippen LogP contribution in [0.4, 0.5) is 0 Å². The highest BCUT2D eigenvalue weighted by Gasteiger charge is 2.06. The summed E-state index contributed by atoms with van der Waals surface area (Å²) < 4.78 is 12.2. The summed E-state index contributed by atoms with van der Waals surface area (Å²) in [6.45, 7) is 6.47. The van der Waals surface area contributed by atoms with Crippen molar-refractivity contribution in [3.05, 3.63) is 70.7 Å². The summed E-state index contributed by atoms with van der Waals surface area (Å²) in [4.78, 5) is 11.9. The summed E-state index contributed by atoms with van der Waals surface area (Å²) in [6, 6.07) is 13.4. The first-order chi connectivity index (χ1) is 13.6. The van der Waals surface area contributed by atoms with Crippen molar-refractivity contribution in [1.29, 1.82) is 0 Å². The lowest BCUT2D eigenvalue weighted by atomic mass is 10.2. The van der Waals surface area contributed by atoms with Gasteiger partial charge in [-0.15, -0.1) is 11.8 Å². The molecule has 0 saturated carbocycles. The largest absolute Gasteiger partial charge is 0.490 e. The fraction of sp³-hybridized carbons (Fsp3) is 0.238. The van der Waals surface area contributed by atoms with Crippen LogP contribution in [0.3, 0.4) is 0 Å². The molecule has 0 aliphatic carbocycles. The first kappa shape index (κ1) is 22.0. The average Bonchev–Trinajstić information content (AvgIpc) is 2.69. The topological polar surface area (TPSA) is 59.9 Å². The van der Waals surface area contributed by atoms with E-state index in [2.05, 4.69) is 33.0 Å². The molecular weight excluding hydrogens is 440 g/mol. The smallest absolute Gasteiger partial charge is 0.250 e. The number of hydrazone groups is 1. The molecule has 5 nitrogen and oxygen atoms in total. The van der Waals surface area contributed by atoms with Crippen LogP contribution in [0.15, 0.2) is 64.7 Å². The molecule has 0 aliphatic heterocycles. The lowest BCUT2D eigenvalue weighted by molar-refractivity contribution is -0.118. The van der Waals surface area contributed by atoms with Crippen molar-refractivity contribution < 1.29 is 14.3 Å². The predicted octanol–water partition coefficient (Wildman–Crippen LogP) is 4.80. The molecule has 1 amide bonds. The Balaban J connectivity index is 1.84. The standard InChI is InChI=1S/C21H23BrN2O3S/c1-3-11-27-19-10-9-16(12-20(19)26-4-2)13-23-24-21(25)15-28-14-17-7-5-6-8-18(17)22/h3,5-10,12-13H,1,4,11,14-15H2,2H3,(H,24,25). The molecule has 7 heteroatoms. The molecule has 0 radical (unpaired) electrons. The van der Waals surface area contributed by atoms with Crippen LogP contribution in [0, 0.1) is 0 Å². The first-order valence-corrected chi connectivity index (χ1v) is 10.7. The van der Waals surface area contributed by atoms with Crippen molar-refractivity contribution in [2.75, 3.05) is 19.0 Å². The summed E-state index contributed by atoms with van der Waals surface area (Å²) in [5, 5.41) is 4.02. The minimum absolute atomic E-state index is 0.149. The lowest BCUT2D eigenvalue weighted by Crippen LogP contribution is -2.19. The van der Waals surface area contributed by atoms with Crippen LogP contribution in [-0.4, -0.2) is 31.1 Å². The first-order valence-electron chi connectivity index (χ1n) is 8.77. The molecule has 0 saturated heterocycles. The zero-order valence-corrected chi connectivity index (χ0v) is 18.1. The molecule has 0 spiro atoms. The van der Waals surface area contributed by atoms with Crippen LogP contribution in [0.2, 0.25) is 0 Å². The molecule has 1 N–H and O–H groups in total. The Morgan fingerprint density at radius 1 is 1.25 bits per heavy atom. The van der Waals surface area contributed by atoms with E-state index < -0.39 is 0 Å². The normalized spacial score (nSPS) is 10.6. The number of hydrogen-bond acceptors (Lipinski definition) is 5. The van der Waals surface area contributed by atoms with Crippen LogP contribution in [0.1, 0.15) is 18.1 Å². The van der Waals surface area contributed by atoms with Gasteiger partial charge in [-0.2, -0.15) is 5.10 Å². The van der Waals surface area contributed by atoms with Gasteiger partial charge in [-0.1, -0.05) is 46.8 Å². The lowest BCUT2D eigenvalue weighted by Gasteiger charge is -2.11. The maximum atomic E-state index is 11.9. The van der Waals surface area contributed by atoms with Gasteiger partial charge in [0.05, 0.1) is 18.6 Å². The molecule has 0 heterocycles. The van der Waals surface area contributed by atoms with Crippen LogP contribution < -0.4 is 14.9 Å². The van der Waals surface area contributed by atoms with Gasteiger partial charge in [0, 0.05) is 10.2 Å². The SMILES string of the molecule is C=CCOc1ccc(C=NNC(=O)CSCc2ccccc2Br)cc1OCC. The molecule has 2 aromatic carbocycles. The van der Waals surface area contributed by atoms with E-state index >= 15 is 0 Å². The van der Waals surface area contributed by atoms with Crippen molar-refractivity contribution in [2.24, 2.45) is 5.10 Å². The number of halogens is 1. The number of thioether (sulfide) groups is 1. The molecule has 0 bridgehead atoms. The van der Waals surface area contributed by atoms with Gasteiger partial charge in [0.25, 0.3) is 0 Å². The zero-order valence-electron chi connectivity index (χ0n) is 15.7. The summed E-state index contributed by atoms with van der Waals surface area (Å²) in [5.41, 5.74) is 4.50. The summed E-state index contributed by atoms with van der Waals surface area (Å²) in [7, 11) is 0. The van der Waals surface area contributed by atoms with E-state index in [4.69, 9.17) is 9.47 Å². The van der Waals surface area contributed by atoms with Gasteiger partial charge >= 0.3 is 0 Å². The van der Waals surface area contributed by atoms with E-state index in [9.17, 15) is 4.79 Å². The molecule has 28 heavy (non-hydrogen) atoms. The van der Waals surface area contributed by atoms with Crippen LogP contribution >= 0.6 is 27.7 Å². The van der Waals surface area contributed by atoms with Gasteiger partial charge < -0.3 is 9.47 Å². The van der Waals surface area contributed by atoms with E-state index in [0.29, 0.717) is 30.5 Å². The van der Waals surface area contributed by atoms with E-state index in [1.54, 1.807) is 12.3 Å². The van der Waals surface area contributed by atoms with Gasteiger partial charge in [-0.05, 0) is 42.3 Å². The van der Waals surface area contributed by atoms with E-state index in [0.717, 1.165) is 21.4 Å². The quantitative estimate of drug-likeness (QED) is 0.296. The molecule has 2 rings (SSSR count). The highest BCUT2D eigenvalue weighted by Crippen LogP contribution is 2.28. The second kappa shape index (κ2) is 12.3.